The molecule has 0 fully saturated rings. The SMILES string of the molecule is CCCc1nc(Cc2nc3ccccc3[nH]2)[nH]c(=O)c1Br. The number of aromatic nitrogens is 4. The van der Waals surface area contributed by atoms with Gasteiger partial charge in [-0.1, -0.05) is 25.5 Å². The van der Waals surface area contributed by atoms with Crippen molar-refractivity contribution in [2.75, 3.05) is 0 Å². The zero-order chi connectivity index (χ0) is 14.8. The zero-order valence-electron chi connectivity index (χ0n) is 11.6. The van der Waals surface area contributed by atoms with Gasteiger partial charge in [0.15, 0.2) is 0 Å². The number of aromatic amines is 2. The van der Waals surface area contributed by atoms with Crippen LogP contribution in [-0.4, -0.2) is 19.9 Å². The number of rotatable bonds is 4. The number of H-pyrrole nitrogens is 2. The molecule has 21 heavy (non-hydrogen) atoms. The molecule has 0 aliphatic rings. The van der Waals surface area contributed by atoms with Gasteiger partial charge in [0.1, 0.15) is 16.1 Å². The Hall–Kier alpha value is -1.95. The molecule has 2 N–H and O–H groups in total. The fourth-order valence-corrected chi connectivity index (χ4v) is 2.68. The van der Waals surface area contributed by atoms with E-state index in [1.165, 1.54) is 0 Å². The summed E-state index contributed by atoms with van der Waals surface area (Å²) < 4.78 is 0.526. The number of fused-ring (bicyclic) bond motifs is 1. The summed E-state index contributed by atoms with van der Waals surface area (Å²) in [6.45, 7) is 2.06. The third kappa shape index (κ3) is 2.90. The van der Waals surface area contributed by atoms with Crippen LogP contribution in [0.3, 0.4) is 0 Å². The second-order valence-electron chi connectivity index (χ2n) is 4.90. The Kier molecular flexibility index (Phi) is 3.88. The maximum Gasteiger partial charge on any atom is 0.265 e. The van der Waals surface area contributed by atoms with E-state index in [4.69, 9.17) is 0 Å². The number of imidazole rings is 1. The number of hydrogen-bond donors (Lipinski definition) is 2. The molecule has 0 spiro atoms. The molecule has 0 saturated heterocycles. The normalized spacial score (nSPS) is 11.1. The molecule has 0 amide bonds. The van der Waals surface area contributed by atoms with Crippen LogP contribution < -0.4 is 5.56 Å². The quantitative estimate of drug-likeness (QED) is 0.762. The number of aryl methyl sites for hydroxylation is 1. The molecule has 6 heteroatoms. The van der Waals surface area contributed by atoms with Gasteiger partial charge < -0.3 is 9.97 Å². The van der Waals surface area contributed by atoms with Crippen molar-refractivity contribution in [1.29, 1.82) is 0 Å². The lowest BCUT2D eigenvalue weighted by Gasteiger charge is -2.04. The Morgan fingerprint density at radius 1 is 1.14 bits per heavy atom. The third-order valence-corrected chi connectivity index (χ3v) is 4.06. The van der Waals surface area contributed by atoms with E-state index >= 15 is 0 Å². The van der Waals surface area contributed by atoms with E-state index in [9.17, 15) is 4.79 Å². The van der Waals surface area contributed by atoms with Gasteiger partial charge in [-0.2, -0.15) is 0 Å². The van der Waals surface area contributed by atoms with Crippen LogP contribution in [0.25, 0.3) is 11.0 Å². The van der Waals surface area contributed by atoms with Crippen LogP contribution in [0.4, 0.5) is 0 Å². The maximum absolute atomic E-state index is 11.9. The summed E-state index contributed by atoms with van der Waals surface area (Å²) in [5, 5.41) is 0. The minimum absolute atomic E-state index is 0.139. The van der Waals surface area contributed by atoms with E-state index in [-0.39, 0.29) is 5.56 Å². The highest BCUT2D eigenvalue weighted by Gasteiger charge is 2.10. The van der Waals surface area contributed by atoms with Crippen LogP contribution in [0.2, 0.25) is 0 Å². The molecule has 3 aromatic rings. The molecule has 2 aromatic heterocycles. The minimum atomic E-state index is -0.139. The Labute approximate surface area is 130 Å². The van der Waals surface area contributed by atoms with Gasteiger partial charge in [0.2, 0.25) is 0 Å². The van der Waals surface area contributed by atoms with Crippen LogP contribution in [0.15, 0.2) is 33.5 Å². The second kappa shape index (κ2) is 5.81. The summed E-state index contributed by atoms with van der Waals surface area (Å²) >= 11 is 3.30. The van der Waals surface area contributed by atoms with Gasteiger partial charge in [0.05, 0.1) is 23.1 Å². The molecule has 3 rings (SSSR count). The number of nitrogens with one attached hydrogen (secondary N) is 2. The van der Waals surface area contributed by atoms with Gasteiger partial charge in [-0.25, -0.2) is 9.97 Å². The van der Waals surface area contributed by atoms with Crippen LogP contribution in [0.1, 0.15) is 30.7 Å². The molecular weight excluding hydrogens is 332 g/mol. The fraction of sp³-hybridized carbons (Fsp3) is 0.267. The second-order valence-corrected chi connectivity index (χ2v) is 5.69. The molecule has 0 unspecified atom stereocenters. The number of hydrogen-bond acceptors (Lipinski definition) is 3. The van der Waals surface area contributed by atoms with E-state index in [1.54, 1.807) is 0 Å². The Bertz CT molecular complexity index is 804. The first-order chi connectivity index (χ1) is 10.2. The predicted octanol–water partition coefficient (Wildman–Crippen LogP) is 2.95. The van der Waals surface area contributed by atoms with Gasteiger partial charge in [-0.3, -0.25) is 4.79 Å². The van der Waals surface area contributed by atoms with Crippen molar-refractivity contribution in [3.8, 4) is 0 Å². The number of benzene rings is 1. The summed E-state index contributed by atoms with van der Waals surface area (Å²) in [6, 6.07) is 7.84. The van der Waals surface area contributed by atoms with Gasteiger partial charge in [-0.15, -0.1) is 0 Å². The van der Waals surface area contributed by atoms with Crippen LogP contribution in [0, 0.1) is 0 Å². The van der Waals surface area contributed by atoms with Gasteiger partial charge in [0.25, 0.3) is 5.56 Å². The van der Waals surface area contributed by atoms with Crippen molar-refractivity contribution in [1.82, 2.24) is 19.9 Å². The van der Waals surface area contributed by atoms with Gasteiger partial charge in [-0.05, 0) is 34.5 Å². The molecule has 0 aliphatic heterocycles. The Balaban J connectivity index is 1.95. The third-order valence-electron chi connectivity index (χ3n) is 3.24. The zero-order valence-corrected chi connectivity index (χ0v) is 13.2. The van der Waals surface area contributed by atoms with Crippen molar-refractivity contribution in [2.24, 2.45) is 0 Å². The van der Waals surface area contributed by atoms with Crippen molar-refractivity contribution in [3.63, 3.8) is 0 Å². The Morgan fingerprint density at radius 3 is 2.67 bits per heavy atom. The summed E-state index contributed by atoms with van der Waals surface area (Å²) in [5.74, 6) is 1.43. The van der Waals surface area contributed by atoms with Gasteiger partial charge in [0, 0.05) is 0 Å². The molecular formula is C15H15BrN4O. The molecule has 5 nitrogen and oxygen atoms in total. The highest BCUT2D eigenvalue weighted by Crippen LogP contribution is 2.14. The van der Waals surface area contributed by atoms with Crippen molar-refractivity contribution in [3.05, 3.63) is 56.4 Å². The lowest BCUT2D eigenvalue weighted by molar-refractivity contribution is 0.813. The topological polar surface area (TPSA) is 74.4 Å². The molecule has 0 saturated carbocycles. The number of halogens is 1. The number of para-hydroxylation sites is 2. The van der Waals surface area contributed by atoms with Crippen molar-refractivity contribution >= 4 is 27.0 Å². The molecule has 0 aliphatic carbocycles. The first kappa shape index (κ1) is 14.0. The number of nitrogens with zero attached hydrogens (tertiary/aromatic N) is 2. The smallest absolute Gasteiger partial charge is 0.265 e. The van der Waals surface area contributed by atoms with Crippen molar-refractivity contribution < 1.29 is 0 Å². The van der Waals surface area contributed by atoms with E-state index in [0.717, 1.165) is 35.4 Å². The lowest BCUT2D eigenvalue weighted by Crippen LogP contribution is -2.16. The van der Waals surface area contributed by atoms with E-state index < -0.39 is 0 Å². The molecule has 0 bridgehead atoms. The van der Waals surface area contributed by atoms with E-state index in [0.29, 0.717) is 16.7 Å². The lowest BCUT2D eigenvalue weighted by atomic mass is 10.2. The highest BCUT2D eigenvalue weighted by atomic mass is 79.9. The molecule has 1 aromatic carbocycles. The average molecular weight is 347 g/mol. The largest absolute Gasteiger partial charge is 0.342 e. The van der Waals surface area contributed by atoms with E-state index in [1.807, 2.05) is 24.3 Å². The summed E-state index contributed by atoms with van der Waals surface area (Å²) in [4.78, 5) is 27.0. The molecule has 2 heterocycles. The van der Waals surface area contributed by atoms with Crippen molar-refractivity contribution in [2.45, 2.75) is 26.2 Å². The van der Waals surface area contributed by atoms with Crippen LogP contribution in [0.5, 0.6) is 0 Å². The first-order valence-corrected chi connectivity index (χ1v) is 7.68. The predicted molar refractivity (Wildman–Crippen MR) is 85.5 cm³/mol. The summed E-state index contributed by atoms with van der Waals surface area (Å²) in [5.41, 5.74) is 2.56. The summed E-state index contributed by atoms with van der Waals surface area (Å²) in [7, 11) is 0. The first-order valence-electron chi connectivity index (χ1n) is 6.88. The maximum atomic E-state index is 11.9. The van der Waals surface area contributed by atoms with Crippen LogP contribution >= 0.6 is 15.9 Å². The van der Waals surface area contributed by atoms with Crippen LogP contribution in [-0.2, 0) is 12.8 Å². The molecule has 0 atom stereocenters. The summed E-state index contributed by atoms with van der Waals surface area (Å²) in [6.07, 6.45) is 2.20. The minimum Gasteiger partial charge on any atom is -0.342 e. The van der Waals surface area contributed by atoms with Gasteiger partial charge >= 0.3 is 0 Å². The molecule has 108 valence electrons. The standard InChI is InChI=1S/C15H15BrN4O/c1-2-5-11-14(16)15(21)20-13(19-11)8-12-17-9-6-3-4-7-10(9)18-12/h3-4,6-7H,2,5,8H2,1H3,(H,17,18)(H,19,20,21). The molecule has 0 radical (unpaired) electrons. The fourth-order valence-electron chi connectivity index (χ4n) is 2.29. The monoisotopic (exact) mass is 346 g/mol. The Morgan fingerprint density at radius 2 is 1.90 bits per heavy atom. The van der Waals surface area contributed by atoms with E-state index in [2.05, 4.69) is 42.8 Å². The average Bonchev–Trinajstić information content (AvgIpc) is 2.86. The highest BCUT2D eigenvalue weighted by molar-refractivity contribution is 9.10.